The number of benzene rings is 1. The first-order valence-corrected chi connectivity index (χ1v) is 11.5. The number of ether oxygens (including phenoxy) is 1. The number of sulfonamides is 1. The number of carbonyl (C=O) groups excluding carboxylic acids is 1. The van der Waals surface area contributed by atoms with Crippen LogP contribution in [-0.4, -0.2) is 53.4 Å². The van der Waals surface area contributed by atoms with E-state index < -0.39 is 10.0 Å². The Morgan fingerprint density at radius 3 is 2.67 bits per heavy atom. The Balaban J connectivity index is 1.67. The van der Waals surface area contributed by atoms with Crippen molar-refractivity contribution in [1.82, 2.24) is 9.29 Å². The number of ketones is 1. The van der Waals surface area contributed by atoms with Gasteiger partial charge in [0.25, 0.3) is 0 Å². The van der Waals surface area contributed by atoms with E-state index in [9.17, 15) is 13.2 Å². The van der Waals surface area contributed by atoms with Crippen LogP contribution >= 0.6 is 0 Å². The molecule has 1 aliphatic rings. The van der Waals surface area contributed by atoms with Gasteiger partial charge in [0.2, 0.25) is 10.0 Å². The zero-order chi connectivity index (χ0) is 19.3. The van der Waals surface area contributed by atoms with Crippen LogP contribution in [0.2, 0.25) is 0 Å². The van der Waals surface area contributed by atoms with Crippen molar-refractivity contribution in [3.63, 3.8) is 0 Å². The van der Waals surface area contributed by atoms with Crippen LogP contribution in [0.4, 0.5) is 0 Å². The van der Waals surface area contributed by atoms with Gasteiger partial charge in [-0.25, -0.2) is 8.42 Å². The zero-order valence-electron chi connectivity index (χ0n) is 15.4. The highest BCUT2D eigenvalue weighted by Gasteiger charge is 2.26. The highest BCUT2D eigenvalue weighted by atomic mass is 32.2. The van der Waals surface area contributed by atoms with Gasteiger partial charge in [0.1, 0.15) is 6.61 Å². The van der Waals surface area contributed by atoms with Crippen LogP contribution in [0, 0.1) is 0 Å². The lowest BCUT2D eigenvalue weighted by Crippen LogP contribution is -2.35. The van der Waals surface area contributed by atoms with Gasteiger partial charge in [0.15, 0.2) is 5.78 Å². The highest BCUT2D eigenvalue weighted by molar-refractivity contribution is 7.89. The van der Waals surface area contributed by atoms with Crippen LogP contribution in [-0.2, 0) is 21.4 Å². The summed E-state index contributed by atoms with van der Waals surface area (Å²) in [6.45, 7) is 1.32. The topological polar surface area (TPSA) is 76.6 Å². The fraction of sp³-hybridized carbons (Fsp3) is 0.368. The standard InChI is InChI=1S/C19H24N2O4SSi/c22-18(15-5-4-8-20-12-15)14-25-13-16-11-17(6-7-19(16)27)26(23,24)21-9-2-1-3-10-21/h4-8,11-12H,1-3,9-10,13-14H2,27H3. The number of hydrogen-bond acceptors (Lipinski definition) is 5. The molecule has 27 heavy (non-hydrogen) atoms. The summed E-state index contributed by atoms with van der Waals surface area (Å²) in [5, 5.41) is 1.07. The van der Waals surface area contributed by atoms with E-state index in [2.05, 4.69) is 4.98 Å². The Bertz CT molecular complexity index is 897. The van der Waals surface area contributed by atoms with Crippen LogP contribution < -0.4 is 5.19 Å². The van der Waals surface area contributed by atoms with Gasteiger partial charge in [0, 0.05) is 41.3 Å². The molecule has 1 saturated heterocycles. The van der Waals surface area contributed by atoms with Crippen molar-refractivity contribution in [2.24, 2.45) is 0 Å². The molecule has 0 N–H and O–H groups in total. The predicted octanol–water partition coefficient (Wildman–Crippen LogP) is 0.646. The second-order valence-corrected chi connectivity index (χ2v) is 9.73. The number of piperidine rings is 1. The Kier molecular flexibility index (Phi) is 6.54. The molecule has 0 saturated carbocycles. The van der Waals surface area contributed by atoms with Gasteiger partial charge in [-0.2, -0.15) is 4.31 Å². The maximum Gasteiger partial charge on any atom is 0.243 e. The van der Waals surface area contributed by atoms with Gasteiger partial charge in [-0.1, -0.05) is 17.7 Å². The average molecular weight is 405 g/mol. The van der Waals surface area contributed by atoms with E-state index in [0.717, 1.165) is 40.3 Å². The summed E-state index contributed by atoms with van der Waals surface area (Å²) in [7, 11) is -2.69. The molecule has 1 aliphatic heterocycles. The molecule has 1 aromatic carbocycles. The van der Waals surface area contributed by atoms with Crippen LogP contribution in [0.15, 0.2) is 47.6 Å². The largest absolute Gasteiger partial charge is 0.369 e. The number of pyridine rings is 1. The molecule has 0 aliphatic carbocycles. The summed E-state index contributed by atoms with van der Waals surface area (Å²) < 4.78 is 32.8. The highest BCUT2D eigenvalue weighted by Crippen LogP contribution is 2.21. The number of hydrogen-bond donors (Lipinski definition) is 0. The molecule has 2 aromatic rings. The molecule has 8 heteroatoms. The lowest BCUT2D eigenvalue weighted by atomic mass is 10.2. The summed E-state index contributed by atoms with van der Waals surface area (Å²) >= 11 is 0. The lowest BCUT2D eigenvalue weighted by Gasteiger charge is -2.26. The summed E-state index contributed by atoms with van der Waals surface area (Å²) in [4.78, 5) is 16.3. The average Bonchev–Trinajstić information content (AvgIpc) is 2.70. The molecule has 1 aromatic heterocycles. The number of carbonyl (C=O) groups is 1. The van der Waals surface area contributed by atoms with E-state index >= 15 is 0 Å². The van der Waals surface area contributed by atoms with Crippen molar-refractivity contribution in [1.29, 1.82) is 0 Å². The maximum atomic E-state index is 12.9. The first-order valence-electron chi connectivity index (χ1n) is 9.09. The Labute approximate surface area is 163 Å². The first kappa shape index (κ1) is 19.9. The second kappa shape index (κ2) is 8.88. The smallest absolute Gasteiger partial charge is 0.243 e. The third-order valence-electron chi connectivity index (χ3n) is 4.75. The lowest BCUT2D eigenvalue weighted by molar-refractivity contribution is 0.0727. The molecular weight excluding hydrogens is 380 g/mol. The summed E-state index contributed by atoms with van der Waals surface area (Å²) in [6, 6.07) is 8.63. The molecule has 0 bridgehead atoms. The fourth-order valence-electron chi connectivity index (χ4n) is 3.08. The van der Waals surface area contributed by atoms with E-state index in [0.29, 0.717) is 23.5 Å². The predicted molar refractivity (Wildman–Crippen MR) is 107 cm³/mol. The monoisotopic (exact) mass is 404 g/mol. The molecular formula is C19H24N2O4SSi. The SMILES string of the molecule is O=C(COCc1cc(S(=O)(=O)N2CCCCC2)ccc1[SiH3])c1cccnc1. The molecule has 0 atom stereocenters. The van der Waals surface area contributed by atoms with Gasteiger partial charge in [-0.3, -0.25) is 9.78 Å². The third kappa shape index (κ3) is 4.89. The quantitative estimate of drug-likeness (QED) is 0.500. The molecule has 0 unspecified atom stereocenters. The van der Waals surface area contributed by atoms with Crippen molar-refractivity contribution in [3.8, 4) is 0 Å². The summed E-state index contributed by atoms with van der Waals surface area (Å²) in [5.41, 5.74) is 1.34. The van der Waals surface area contributed by atoms with Gasteiger partial charge in [-0.15, -0.1) is 0 Å². The normalized spacial score (nSPS) is 15.7. The van der Waals surface area contributed by atoms with Gasteiger partial charge in [-0.05, 0) is 42.7 Å². The first-order chi connectivity index (χ1) is 13.0. The van der Waals surface area contributed by atoms with E-state index in [1.54, 1.807) is 34.8 Å². The minimum Gasteiger partial charge on any atom is -0.369 e. The van der Waals surface area contributed by atoms with Crippen molar-refractivity contribution in [2.45, 2.75) is 30.8 Å². The number of aromatic nitrogens is 1. The zero-order valence-corrected chi connectivity index (χ0v) is 18.2. The van der Waals surface area contributed by atoms with E-state index in [4.69, 9.17) is 4.74 Å². The van der Waals surface area contributed by atoms with Gasteiger partial charge >= 0.3 is 0 Å². The van der Waals surface area contributed by atoms with E-state index in [1.165, 1.54) is 6.20 Å². The fourth-order valence-corrected chi connectivity index (χ4v) is 5.11. The van der Waals surface area contributed by atoms with Crippen LogP contribution in [0.1, 0.15) is 35.2 Å². The van der Waals surface area contributed by atoms with Crippen molar-refractivity contribution >= 4 is 31.2 Å². The Morgan fingerprint density at radius 2 is 1.96 bits per heavy atom. The summed E-state index contributed by atoms with van der Waals surface area (Å²) in [5.74, 6) is -0.143. The second-order valence-electron chi connectivity index (χ2n) is 6.71. The molecule has 0 spiro atoms. The van der Waals surface area contributed by atoms with Crippen molar-refractivity contribution in [2.75, 3.05) is 19.7 Å². The molecule has 6 nitrogen and oxygen atoms in total. The number of rotatable bonds is 7. The Hall–Kier alpha value is -1.87. The molecule has 0 radical (unpaired) electrons. The van der Waals surface area contributed by atoms with Crippen LogP contribution in [0.5, 0.6) is 0 Å². The minimum atomic E-state index is -3.47. The maximum absolute atomic E-state index is 12.9. The van der Waals surface area contributed by atoms with Crippen molar-refractivity contribution < 1.29 is 17.9 Å². The molecule has 0 amide bonds. The third-order valence-corrected chi connectivity index (χ3v) is 7.62. The molecule has 144 valence electrons. The number of nitrogens with zero attached hydrogens (tertiary/aromatic N) is 2. The van der Waals surface area contributed by atoms with Crippen molar-refractivity contribution in [3.05, 3.63) is 53.9 Å². The number of Topliss-reactive ketones (excluding diaryl/α,β-unsaturated/α-hetero) is 1. The van der Waals surface area contributed by atoms with Gasteiger partial charge < -0.3 is 4.74 Å². The van der Waals surface area contributed by atoms with E-state index in [1.807, 2.05) is 6.07 Å². The molecule has 2 heterocycles. The van der Waals surface area contributed by atoms with Crippen LogP contribution in [0.3, 0.4) is 0 Å². The molecule has 1 fully saturated rings. The minimum absolute atomic E-state index is 0.0597. The van der Waals surface area contributed by atoms with E-state index in [-0.39, 0.29) is 19.0 Å². The molecule has 3 rings (SSSR count). The van der Waals surface area contributed by atoms with Gasteiger partial charge in [0.05, 0.1) is 11.5 Å². The summed E-state index contributed by atoms with van der Waals surface area (Å²) in [6.07, 6.45) is 6.01. The van der Waals surface area contributed by atoms with Crippen LogP contribution in [0.25, 0.3) is 0 Å². The Morgan fingerprint density at radius 1 is 1.19 bits per heavy atom.